The van der Waals surface area contributed by atoms with E-state index in [1.807, 2.05) is 31.7 Å². The van der Waals surface area contributed by atoms with Crippen molar-refractivity contribution in [1.82, 2.24) is 14.3 Å². The van der Waals surface area contributed by atoms with Gasteiger partial charge in [-0.3, -0.25) is 9.48 Å². The first-order valence-corrected chi connectivity index (χ1v) is 13.3. The van der Waals surface area contributed by atoms with Gasteiger partial charge in [0.1, 0.15) is 5.69 Å². The van der Waals surface area contributed by atoms with E-state index in [1.54, 1.807) is 9.25 Å². The van der Waals surface area contributed by atoms with E-state index in [2.05, 4.69) is 40.7 Å². The van der Waals surface area contributed by atoms with Crippen LogP contribution in [0.25, 0.3) is 11.1 Å². The van der Waals surface area contributed by atoms with Crippen molar-refractivity contribution in [2.75, 3.05) is 5.32 Å². The van der Waals surface area contributed by atoms with Crippen LogP contribution in [-0.2, 0) is 13.6 Å². The minimum absolute atomic E-state index is 0.0438. The molecule has 6 nitrogen and oxygen atoms in total. The summed E-state index contributed by atoms with van der Waals surface area (Å²) in [6.07, 6.45) is 15.2. The molecule has 0 radical (unpaired) electrons. The van der Waals surface area contributed by atoms with Gasteiger partial charge in [-0.1, -0.05) is 49.6 Å². The number of hydrogen-bond acceptors (Lipinski definition) is 4. The topological polar surface area (TPSA) is 72.1 Å². The third-order valence-electron chi connectivity index (χ3n) is 8.06. The Bertz CT molecular complexity index is 1150. The number of rotatable bonds is 7. The molecule has 6 heteroatoms. The minimum Gasteiger partial charge on any atom is -0.391 e. The fourth-order valence-corrected chi connectivity index (χ4v) is 5.99. The van der Waals surface area contributed by atoms with Crippen LogP contribution < -0.4 is 10.9 Å². The summed E-state index contributed by atoms with van der Waals surface area (Å²) < 4.78 is 3.50. The highest BCUT2D eigenvalue weighted by atomic mass is 16.3. The summed E-state index contributed by atoms with van der Waals surface area (Å²) in [5, 5.41) is 18.9. The van der Waals surface area contributed by atoms with Crippen LogP contribution in [0.5, 0.6) is 0 Å². The van der Waals surface area contributed by atoms with Gasteiger partial charge in [0, 0.05) is 36.6 Å². The maximum Gasteiger partial charge on any atom is 0.274 e. The number of aliphatic hydroxyl groups is 1. The van der Waals surface area contributed by atoms with Gasteiger partial charge in [0.25, 0.3) is 5.56 Å². The number of nitrogens with zero attached hydrogens (tertiary/aromatic N) is 3. The molecule has 0 bridgehead atoms. The minimum atomic E-state index is -0.494. The molecule has 35 heavy (non-hydrogen) atoms. The summed E-state index contributed by atoms with van der Waals surface area (Å²) in [5.41, 5.74) is 3.94. The lowest BCUT2D eigenvalue weighted by Crippen LogP contribution is -2.35. The average Bonchev–Trinajstić information content (AvgIpc) is 3.34. The first-order chi connectivity index (χ1) is 17.1. The molecule has 0 spiro atoms. The molecule has 5 rings (SSSR count). The summed E-state index contributed by atoms with van der Waals surface area (Å²) >= 11 is 0. The zero-order valence-electron chi connectivity index (χ0n) is 20.8. The number of aromatic nitrogens is 3. The van der Waals surface area contributed by atoms with Crippen LogP contribution in [0.4, 0.5) is 5.69 Å². The van der Waals surface area contributed by atoms with Crippen LogP contribution in [0.3, 0.4) is 0 Å². The molecule has 0 saturated heterocycles. The van der Waals surface area contributed by atoms with E-state index in [4.69, 9.17) is 0 Å². The number of aryl methyl sites for hydroxylation is 1. The largest absolute Gasteiger partial charge is 0.391 e. The Hall–Kier alpha value is -2.86. The second kappa shape index (κ2) is 10.8. The predicted octanol–water partition coefficient (Wildman–Crippen LogP) is 5.33. The third kappa shape index (κ3) is 5.69. The maximum atomic E-state index is 13.5. The second-order valence-electron chi connectivity index (χ2n) is 10.6. The summed E-state index contributed by atoms with van der Waals surface area (Å²) in [5.74, 6) is 0.876. The molecule has 186 valence electrons. The van der Waals surface area contributed by atoms with Crippen LogP contribution >= 0.6 is 0 Å². The van der Waals surface area contributed by atoms with E-state index in [0.29, 0.717) is 18.2 Å². The Morgan fingerprint density at radius 3 is 2.43 bits per heavy atom. The molecular formula is C29H38N4O2. The van der Waals surface area contributed by atoms with Gasteiger partial charge in [-0.25, -0.2) is 0 Å². The van der Waals surface area contributed by atoms with Gasteiger partial charge in [-0.15, -0.1) is 0 Å². The molecule has 2 N–H and O–H groups in total. The zero-order valence-corrected chi connectivity index (χ0v) is 20.8. The SMILES string of the molecule is Cn1cc(-c2cc(NC3CCC(c4ccccc4)CC3)c(=O)n(CC(O)C3CCCCC3)c2)cn1. The number of aliphatic hydroxyl groups excluding tert-OH is 1. The smallest absolute Gasteiger partial charge is 0.274 e. The van der Waals surface area contributed by atoms with Gasteiger partial charge in [0.15, 0.2) is 0 Å². The van der Waals surface area contributed by atoms with Crippen LogP contribution in [0.2, 0.25) is 0 Å². The van der Waals surface area contributed by atoms with Crippen LogP contribution in [0, 0.1) is 5.92 Å². The van der Waals surface area contributed by atoms with Gasteiger partial charge in [-0.2, -0.15) is 5.10 Å². The maximum absolute atomic E-state index is 13.5. The van der Waals surface area contributed by atoms with E-state index < -0.39 is 6.10 Å². The molecule has 2 aromatic heterocycles. The molecule has 2 fully saturated rings. The molecule has 0 amide bonds. The Labute approximate surface area is 208 Å². The molecule has 2 saturated carbocycles. The zero-order chi connectivity index (χ0) is 24.2. The van der Waals surface area contributed by atoms with Crippen LogP contribution in [-0.4, -0.2) is 31.6 Å². The van der Waals surface area contributed by atoms with Crippen molar-refractivity contribution in [1.29, 1.82) is 0 Å². The number of anilines is 1. The number of nitrogens with one attached hydrogen (secondary N) is 1. The third-order valence-corrected chi connectivity index (χ3v) is 8.06. The van der Waals surface area contributed by atoms with E-state index in [9.17, 15) is 9.90 Å². The molecule has 0 aliphatic heterocycles. The van der Waals surface area contributed by atoms with Gasteiger partial charge in [0.2, 0.25) is 0 Å². The Morgan fingerprint density at radius 2 is 1.74 bits per heavy atom. The predicted molar refractivity (Wildman–Crippen MR) is 141 cm³/mol. The van der Waals surface area contributed by atoms with Gasteiger partial charge >= 0.3 is 0 Å². The lowest BCUT2D eigenvalue weighted by Gasteiger charge is -2.30. The highest BCUT2D eigenvalue weighted by molar-refractivity contribution is 5.65. The highest BCUT2D eigenvalue weighted by Crippen LogP contribution is 2.34. The molecule has 2 aliphatic rings. The number of benzene rings is 1. The van der Waals surface area contributed by atoms with Crippen LogP contribution in [0.1, 0.15) is 69.3 Å². The molecular weight excluding hydrogens is 436 g/mol. The quantitative estimate of drug-likeness (QED) is 0.486. The normalized spacial score (nSPS) is 22.1. The highest BCUT2D eigenvalue weighted by Gasteiger charge is 2.25. The standard InChI is InChI=1S/C29H38N4O2/c1-32-18-25(17-30-32)24-16-27(29(35)33(19-24)20-28(34)23-10-6-3-7-11-23)31-26-14-12-22(13-15-26)21-8-4-2-5-9-21/h2,4-5,8-9,16-19,22-23,26,28,31,34H,3,6-7,10-15,20H2,1H3. The van der Waals surface area contributed by atoms with Crippen LogP contribution in [0.15, 0.2) is 59.8 Å². The van der Waals surface area contributed by atoms with Crippen molar-refractivity contribution in [2.45, 2.75) is 82.4 Å². The molecule has 2 heterocycles. The summed E-state index contributed by atoms with van der Waals surface area (Å²) in [6, 6.07) is 13.0. The molecule has 1 aromatic carbocycles. The Morgan fingerprint density at radius 1 is 1.00 bits per heavy atom. The van der Waals surface area contributed by atoms with E-state index in [1.165, 1.54) is 24.8 Å². The average molecular weight is 475 g/mol. The van der Waals surface area contributed by atoms with E-state index >= 15 is 0 Å². The lowest BCUT2D eigenvalue weighted by molar-refractivity contribution is 0.0688. The summed E-state index contributed by atoms with van der Waals surface area (Å²) in [7, 11) is 1.90. The fourth-order valence-electron chi connectivity index (χ4n) is 5.99. The Balaban J connectivity index is 1.35. The van der Waals surface area contributed by atoms with Gasteiger partial charge < -0.3 is 15.0 Å². The van der Waals surface area contributed by atoms with E-state index in [0.717, 1.165) is 49.7 Å². The van der Waals surface area contributed by atoms with Crippen molar-refractivity contribution >= 4 is 5.69 Å². The first kappa shape index (κ1) is 23.9. The van der Waals surface area contributed by atoms with Gasteiger partial charge in [0.05, 0.1) is 18.8 Å². The molecule has 1 unspecified atom stereocenters. The van der Waals surface area contributed by atoms with Crippen molar-refractivity contribution in [3.05, 3.63) is 70.9 Å². The van der Waals surface area contributed by atoms with Gasteiger partial charge in [-0.05, 0) is 62.0 Å². The first-order valence-electron chi connectivity index (χ1n) is 13.3. The summed E-state index contributed by atoms with van der Waals surface area (Å²) in [4.78, 5) is 13.5. The number of hydrogen-bond donors (Lipinski definition) is 2. The summed E-state index contributed by atoms with van der Waals surface area (Å²) in [6.45, 7) is 0.340. The molecule has 3 aromatic rings. The Kier molecular flexibility index (Phi) is 7.37. The van der Waals surface area contributed by atoms with Crippen molar-refractivity contribution in [2.24, 2.45) is 13.0 Å². The number of pyridine rings is 1. The fraction of sp³-hybridized carbons (Fsp3) is 0.517. The van der Waals surface area contributed by atoms with Crippen molar-refractivity contribution in [3.63, 3.8) is 0 Å². The second-order valence-corrected chi connectivity index (χ2v) is 10.6. The van der Waals surface area contributed by atoms with Crippen molar-refractivity contribution < 1.29 is 5.11 Å². The lowest BCUT2D eigenvalue weighted by atomic mass is 9.82. The monoisotopic (exact) mass is 474 g/mol. The van der Waals surface area contributed by atoms with E-state index in [-0.39, 0.29) is 17.5 Å². The van der Waals surface area contributed by atoms with Crippen molar-refractivity contribution in [3.8, 4) is 11.1 Å². The molecule has 2 aliphatic carbocycles. The molecule has 1 atom stereocenters.